The molecule has 0 saturated carbocycles. The minimum Gasteiger partial charge on any atom is -0.356 e. The number of aryl methyl sites for hydroxylation is 2. The van der Waals surface area contributed by atoms with Crippen LogP contribution in [0.25, 0.3) is 0 Å². The van der Waals surface area contributed by atoms with E-state index in [1.807, 2.05) is 7.05 Å². The molecule has 1 unspecified atom stereocenters. The highest BCUT2D eigenvalue weighted by atomic mass is 127. The van der Waals surface area contributed by atoms with Crippen molar-refractivity contribution in [1.29, 1.82) is 0 Å². The van der Waals surface area contributed by atoms with Gasteiger partial charge in [-0.3, -0.25) is 4.99 Å². The standard InChI is InChI=1S/C18H33N5S.HI/c1-14-8-5-6-12-23(14)13-7-10-20-18(19-4)21-11-9-17-22-15(2)16(3)24-17;/h14H,5-13H2,1-4H3,(H2,19,20,21);1H. The van der Waals surface area contributed by atoms with Crippen molar-refractivity contribution < 1.29 is 0 Å². The van der Waals surface area contributed by atoms with Crippen LogP contribution in [-0.2, 0) is 6.42 Å². The second-order valence-electron chi connectivity index (χ2n) is 6.66. The van der Waals surface area contributed by atoms with Gasteiger partial charge in [-0.15, -0.1) is 35.3 Å². The molecule has 0 bridgehead atoms. The number of piperidine rings is 1. The van der Waals surface area contributed by atoms with Crippen molar-refractivity contribution in [2.45, 2.75) is 58.9 Å². The van der Waals surface area contributed by atoms with Crippen LogP contribution in [0.5, 0.6) is 0 Å². The van der Waals surface area contributed by atoms with Crippen LogP contribution < -0.4 is 10.6 Å². The second-order valence-corrected chi connectivity index (χ2v) is 7.95. The highest BCUT2D eigenvalue weighted by molar-refractivity contribution is 14.0. The number of thiazole rings is 1. The molecule has 1 aliphatic rings. The Morgan fingerprint density at radius 1 is 1.28 bits per heavy atom. The van der Waals surface area contributed by atoms with E-state index >= 15 is 0 Å². The Morgan fingerprint density at radius 2 is 2.04 bits per heavy atom. The lowest BCUT2D eigenvalue weighted by Crippen LogP contribution is -2.41. The zero-order valence-electron chi connectivity index (χ0n) is 16.1. The van der Waals surface area contributed by atoms with Gasteiger partial charge in [0.2, 0.25) is 0 Å². The first kappa shape index (κ1) is 22.6. The van der Waals surface area contributed by atoms with Gasteiger partial charge in [-0.05, 0) is 46.6 Å². The lowest BCUT2D eigenvalue weighted by Gasteiger charge is -2.33. The molecule has 0 aromatic carbocycles. The van der Waals surface area contributed by atoms with E-state index in [4.69, 9.17) is 0 Å². The topological polar surface area (TPSA) is 52.6 Å². The van der Waals surface area contributed by atoms with Gasteiger partial charge < -0.3 is 15.5 Å². The Morgan fingerprint density at radius 3 is 2.68 bits per heavy atom. The largest absolute Gasteiger partial charge is 0.356 e. The summed E-state index contributed by atoms with van der Waals surface area (Å²) in [7, 11) is 1.83. The van der Waals surface area contributed by atoms with Crippen LogP contribution in [0.4, 0.5) is 0 Å². The lowest BCUT2D eigenvalue weighted by atomic mass is 10.0. The molecule has 0 radical (unpaired) electrons. The normalized spacial score (nSPS) is 18.7. The van der Waals surface area contributed by atoms with E-state index in [0.717, 1.165) is 43.6 Å². The molecule has 25 heavy (non-hydrogen) atoms. The van der Waals surface area contributed by atoms with E-state index in [1.54, 1.807) is 11.3 Å². The smallest absolute Gasteiger partial charge is 0.190 e. The maximum absolute atomic E-state index is 4.58. The van der Waals surface area contributed by atoms with E-state index in [1.165, 1.54) is 42.2 Å². The number of likely N-dealkylation sites (tertiary alicyclic amines) is 1. The minimum absolute atomic E-state index is 0. The molecule has 2 heterocycles. The molecule has 0 spiro atoms. The molecule has 1 aromatic rings. The Kier molecular flexibility index (Phi) is 10.9. The van der Waals surface area contributed by atoms with Gasteiger partial charge in [0.25, 0.3) is 0 Å². The quantitative estimate of drug-likeness (QED) is 0.273. The predicted octanol–water partition coefficient (Wildman–Crippen LogP) is 3.35. The number of halogens is 1. The Labute approximate surface area is 174 Å². The van der Waals surface area contributed by atoms with Gasteiger partial charge in [0.05, 0.1) is 10.7 Å². The number of nitrogens with one attached hydrogen (secondary N) is 2. The van der Waals surface area contributed by atoms with Crippen LogP contribution in [0.2, 0.25) is 0 Å². The number of aromatic nitrogens is 1. The molecule has 2 N–H and O–H groups in total. The monoisotopic (exact) mass is 479 g/mol. The van der Waals surface area contributed by atoms with Crippen molar-refractivity contribution in [3.63, 3.8) is 0 Å². The van der Waals surface area contributed by atoms with Crippen molar-refractivity contribution in [2.24, 2.45) is 4.99 Å². The third kappa shape index (κ3) is 7.78. The summed E-state index contributed by atoms with van der Waals surface area (Å²) < 4.78 is 0. The number of guanidine groups is 1. The number of hydrogen-bond donors (Lipinski definition) is 2. The van der Waals surface area contributed by atoms with Gasteiger partial charge in [0.15, 0.2) is 5.96 Å². The fraction of sp³-hybridized carbons (Fsp3) is 0.778. The SMILES string of the molecule is CN=C(NCCCN1CCCCC1C)NCCc1nc(C)c(C)s1.I. The van der Waals surface area contributed by atoms with Crippen LogP contribution in [0.3, 0.4) is 0 Å². The minimum atomic E-state index is 0. The van der Waals surface area contributed by atoms with Crippen LogP contribution >= 0.6 is 35.3 Å². The van der Waals surface area contributed by atoms with Crippen molar-refractivity contribution in [1.82, 2.24) is 20.5 Å². The van der Waals surface area contributed by atoms with Crippen molar-refractivity contribution in [3.05, 3.63) is 15.6 Å². The van der Waals surface area contributed by atoms with Crippen LogP contribution in [0.1, 0.15) is 48.2 Å². The molecule has 1 fully saturated rings. The summed E-state index contributed by atoms with van der Waals surface area (Å²) in [5, 5.41) is 8.01. The van der Waals surface area contributed by atoms with Gasteiger partial charge in [0, 0.05) is 44.0 Å². The fourth-order valence-electron chi connectivity index (χ4n) is 3.13. The van der Waals surface area contributed by atoms with E-state index in [0.29, 0.717) is 0 Å². The lowest BCUT2D eigenvalue weighted by molar-refractivity contribution is 0.159. The molecule has 0 aliphatic carbocycles. The molecule has 7 heteroatoms. The zero-order valence-corrected chi connectivity index (χ0v) is 19.2. The molecule has 5 nitrogen and oxygen atoms in total. The fourth-order valence-corrected chi connectivity index (χ4v) is 4.07. The van der Waals surface area contributed by atoms with E-state index in [-0.39, 0.29) is 24.0 Å². The summed E-state index contributed by atoms with van der Waals surface area (Å²) in [6.07, 6.45) is 6.22. The summed E-state index contributed by atoms with van der Waals surface area (Å²) in [5.74, 6) is 0.895. The van der Waals surface area contributed by atoms with Crippen LogP contribution in [-0.4, -0.2) is 55.1 Å². The van der Waals surface area contributed by atoms with Gasteiger partial charge in [-0.1, -0.05) is 6.42 Å². The van der Waals surface area contributed by atoms with Crippen LogP contribution in [0.15, 0.2) is 4.99 Å². The molecule has 1 aliphatic heterocycles. The summed E-state index contributed by atoms with van der Waals surface area (Å²) in [6.45, 7) is 10.9. The van der Waals surface area contributed by atoms with E-state index in [9.17, 15) is 0 Å². The molecule has 1 aromatic heterocycles. The first-order chi connectivity index (χ1) is 11.6. The zero-order chi connectivity index (χ0) is 17.4. The average Bonchev–Trinajstić information content (AvgIpc) is 2.89. The third-order valence-electron chi connectivity index (χ3n) is 4.78. The maximum Gasteiger partial charge on any atom is 0.190 e. The molecular formula is C18H34IN5S. The second kappa shape index (κ2) is 12.1. The molecule has 1 atom stereocenters. The van der Waals surface area contributed by atoms with Gasteiger partial charge in [0.1, 0.15) is 0 Å². The summed E-state index contributed by atoms with van der Waals surface area (Å²) >= 11 is 1.79. The van der Waals surface area contributed by atoms with Crippen molar-refractivity contribution >= 4 is 41.3 Å². The predicted molar refractivity (Wildman–Crippen MR) is 120 cm³/mol. The number of rotatable bonds is 7. The summed E-state index contributed by atoms with van der Waals surface area (Å²) in [4.78, 5) is 12.8. The first-order valence-electron chi connectivity index (χ1n) is 9.21. The first-order valence-corrected chi connectivity index (χ1v) is 10.0. The molecule has 1 saturated heterocycles. The van der Waals surface area contributed by atoms with E-state index < -0.39 is 0 Å². The summed E-state index contributed by atoms with van der Waals surface area (Å²) in [6, 6.07) is 0.751. The number of aliphatic imine (C=N–C) groups is 1. The molecule has 2 rings (SSSR count). The van der Waals surface area contributed by atoms with Gasteiger partial charge >= 0.3 is 0 Å². The highest BCUT2D eigenvalue weighted by Gasteiger charge is 2.17. The molecular weight excluding hydrogens is 445 g/mol. The number of hydrogen-bond acceptors (Lipinski definition) is 4. The number of nitrogens with zero attached hydrogens (tertiary/aromatic N) is 3. The Balaban J connectivity index is 0.00000312. The van der Waals surface area contributed by atoms with Gasteiger partial charge in [-0.25, -0.2) is 4.98 Å². The van der Waals surface area contributed by atoms with Gasteiger partial charge in [-0.2, -0.15) is 0 Å². The van der Waals surface area contributed by atoms with Crippen molar-refractivity contribution in [3.8, 4) is 0 Å². The van der Waals surface area contributed by atoms with Crippen LogP contribution in [0, 0.1) is 13.8 Å². The summed E-state index contributed by atoms with van der Waals surface area (Å²) in [5.41, 5.74) is 1.16. The highest BCUT2D eigenvalue weighted by Crippen LogP contribution is 2.17. The molecule has 0 amide bonds. The average molecular weight is 479 g/mol. The molecule has 144 valence electrons. The van der Waals surface area contributed by atoms with E-state index in [2.05, 4.69) is 46.3 Å². The maximum atomic E-state index is 4.58. The Hall–Kier alpha value is -0.410. The van der Waals surface area contributed by atoms with Crippen molar-refractivity contribution in [2.75, 3.05) is 33.2 Å². The Bertz CT molecular complexity index is 512. The third-order valence-corrected chi connectivity index (χ3v) is 5.92.